The second kappa shape index (κ2) is 4.00. The Morgan fingerprint density at radius 3 is 2.21 bits per heavy atom. The Hall–Kier alpha value is -1.71. The topological polar surface area (TPSA) is 55.8 Å². The van der Waals surface area contributed by atoms with E-state index in [4.69, 9.17) is 9.84 Å². The van der Waals surface area contributed by atoms with Gasteiger partial charge in [-0.15, -0.1) is 0 Å². The molecule has 0 aliphatic carbocycles. The van der Waals surface area contributed by atoms with Crippen molar-refractivity contribution in [3.63, 3.8) is 0 Å². The number of carboxylic acid groups (broad SMARTS) is 1. The maximum atomic E-state index is 10.3. The largest absolute Gasteiger partial charge is 0.511 e. The number of hydrogen-bond donors (Lipinski definition) is 1. The van der Waals surface area contributed by atoms with Gasteiger partial charge in [-0.2, -0.15) is 0 Å². The van der Waals surface area contributed by atoms with Crippen molar-refractivity contribution in [2.45, 2.75) is 13.8 Å². The lowest BCUT2D eigenvalue weighted by molar-refractivity contribution is 0.144. The van der Waals surface area contributed by atoms with Gasteiger partial charge in [0.05, 0.1) is 7.11 Å². The SMILES string of the molecule is COc1ccc(OC(=O)O)c(C)c1C. The summed E-state index contributed by atoms with van der Waals surface area (Å²) in [6.45, 7) is 3.64. The molecule has 0 unspecified atom stereocenters. The monoisotopic (exact) mass is 196 g/mol. The van der Waals surface area contributed by atoms with Gasteiger partial charge in [-0.3, -0.25) is 0 Å². The molecule has 14 heavy (non-hydrogen) atoms. The fourth-order valence-electron chi connectivity index (χ4n) is 1.20. The number of hydrogen-bond acceptors (Lipinski definition) is 3. The van der Waals surface area contributed by atoms with E-state index in [-0.39, 0.29) is 0 Å². The molecule has 1 N–H and O–H groups in total. The standard InChI is InChI=1S/C10H12O4/c1-6-7(2)9(14-10(11)12)5-4-8(6)13-3/h4-5H,1-3H3,(H,11,12). The molecule has 0 fully saturated rings. The summed E-state index contributed by atoms with van der Waals surface area (Å²) >= 11 is 0. The maximum Gasteiger partial charge on any atom is 0.511 e. The second-order valence-corrected chi connectivity index (χ2v) is 2.88. The molecule has 4 heteroatoms. The van der Waals surface area contributed by atoms with Gasteiger partial charge in [-0.25, -0.2) is 4.79 Å². The van der Waals surface area contributed by atoms with Crippen LogP contribution in [0.2, 0.25) is 0 Å². The van der Waals surface area contributed by atoms with Crippen LogP contribution in [0.5, 0.6) is 11.5 Å². The summed E-state index contributed by atoms with van der Waals surface area (Å²) < 4.78 is 9.67. The Bertz CT molecular complexity index is 357. The van der Waals surface area contributed by atoms with Gasteiger partial charge in [0.25, 0.3) is 0 Å². The zero-order valence-corrected chi connectivity index (χ0v) is 8.33. The van der Waals surface area contributed by atoms with Gasteiger partial charge in [-0.1, -0.05) is 0 Å². The summed E-state index contributed by atoms with van der Waals surface area (Å²) in [5.41, 5.74) is 1.65. The molecule has 0 radical (unpaired) electrons. The van der Waals surface area contributed by atoms with Crippen molar-refractivity contribution in [3.05, 3.63) is 23.3 Å². The fourth-order valence-corrected chi connectivity index (χ4v) is 1.20. The molecule has 76 valence electrons. The van der Waals surface area contributed by atoms with Gasteiger partial charge in [0, 0.05) is 0 Å². The van der Waals surface area contributed by atoms with Gasteiger partial charge in [-0.05, 0) is 37.1 Å². The van der Waals surface area contributed by atoms with Crippen LogP contribution < -0.4 is 9.47 Å². The summed E-state index contributed by atoms with van der Waals surface area (Å²) in [5.74, 6) is 1.07. The van der Waals surface area contributed by atoms with Gasteiger partial charge < -0.3 is 14.6 Å². The lowest BCUT2D eigenvalue weighted by Gasteiger charge is -2.10. The van der Waals surface area contributed by atoms with Crippen LogP contribution in [0.1, 0.15) is 11.1 Å². The van der Waals surface area contributed by atoms with E-state index in [1.54, 1.807) is 26.2 Å². The van der Waals surface area contributed by atoms with E-state index < -0.39 is 6.16 Å². The molecule has 0 atom stereocenters. The van der Waals surface area contributed by atoms with Gasteiger partial charge >= 0.3 is 6.16 Å². The average molecular weight is 196 g/mol. The molecule has 1 aromatic carbocycles. The Morgan fingerprint density at radius 2 is 1.71 bits per heavy atom. The zero-order chi connectivity index (χ0) is 10.7. The molecule has 0 amide bonds. The van der Waals surface area contributed by atoms with Crippen LogP contribution >= 0.6 is 0 Å². The van der Waals surface area contributed by atoms with Crippen molar-refractivity contribution < 1.29 is 19.4 Å². The first-order chi connectivity index (χ1) is 6.56. The summed E-state index contributed by atoms with van der Waals surface area (Å²) in [6.07, 6.45) is -1.31. The molecule has 1 rings (SSSR count). The Labute approximate surface area is 82.1 Å². The molecule has 0 bridgehead atoms. The van der Waals surface area contributed by atoms with Crippen molar-refractivity contribution >= 4 is 6.16 Å². The highest BCUT2D eigenvalue weighted by molar-refractivity contribution is 5.63. The first kappa shape index (κ1) is 10.4. The van der Waals surface area contributed by atoms with E-state index >= 15 is 0 Å². The maximum absolute atomic E-state index is 10.3. The first-order valence-electron chi connectivity index (χ1n) is 4.11. The van der Waals surface area contributed by atoms with E-state index in [1.807, 2.05) is 6.92 Å². The third kappa shape index (κ3) is 1.96. The van der Waals surface area contributed by atoms with Gasteiger partial charge in [0.1, 0.15) is 11.5 Å². The molecule has 0 spiro atoms. The molecule has 0 aliphatic rings. The third-order valence-electron chi connectivity index (χ3n) is 2.10. The molecule has 0 aliphatic heterocycles. The summed E-state index contributed by atoms with van der Waals surface area (Å²) in [5, 5.41) is 8.46. The number of ether oxygens (including phenoxy) is 2. The predicted molar refractivity (Wildman–Crippen MR) is 51.1 cm³/mol. The molecule has 1 aromatic rings. The number of benzene rings is 1. The minimum atomic E-state index is -1.31. The smallest absolute Gasteiger partial charge is 0.496 e. The van der Waals surface area contributed by atoms with E-state index in [9.17, 15) is 4.79 Å². The van der Waals surface area contributed by atoms with Crippen LogP contribution in [0.3, 0.4) is 0 Å². The van der Waals surface area contributed by atoms with Crippen LogP contribution in [0.4, 0.5) is 4.79 Å². The van der Waals surface area contributed by atoms with E-state index in [2.05, 4.69) is 4.74 Å². The third-order valence-corrected chi connectivity index (χ3v) is 2.10. The first-order valence-corrected chi connectivity index (χ1v) is 4.11. The van der Waals surface area contributed by atoms with Crippen LogP contribution in [-0.2, 0) is 0 Å². The van der Waals surface area contributed by atoms with Crippen molar-refractivity contribution in [1.82, 2.24) is 0 Å². The zero-order valence-electron chi connectivity index (χ0n) is 8.33. The predicted octanol–water partition coefficient (Wildman–Crippen LogP) is 2.37. The Morgan fingerprint density at radius 1 is 1.21 bits per heavy atom. The van der Waals surface area contributed by atoms with Crippen molar-refractivity contribution in [1.29, 1.82) is 0 Å². The van der Waals surface area contributed by atoms with Gasteiger partial charge in [0.2, 0.25) is 0 Å². The Balaban J connectivity index is 3.10. The minimum Gasteiger partial charge on any atom is -0.496 e. The van der Waals surface area contributed by atoms with Crippen LogP contribution in [0, 0.1) is 13.8 Å². The normalized spacial score (nSPS) is 9.64. The number of rotatable bonds is 2. The molecule has 0 aromatic heterocycles. The number of carbonyl (C=O) groups is 1. The quantitative estimate of drug-likeness (QED) is 0.582. The summed E-state index contributed by atoms with van der Waals surface area (Å²) in [4.78, 5) is 10.3. The van der Waals surface area contributed by atoms with Gasteiger partial charge in [0.15, 0.2) is 0 Å². The van der Waals surface area contributed by atoms with Crippen molar-refractivity contribution in [3.8, 4) is 11.5 Å². The molecule has 4 nitrogen and oxygen atoms in total. The second-order valence-electron chi connectivity index (χ2n) is 2.88. The average Bonchev–Trinajstić information content (AvgIpc) is 2.13. The van der Waals surface area contributed by atoms with Crippen LogP contribution in [0.25, 0.3) is 0 Å². The van der Waals surface area contributed by atoms with E-state index in [0.29, 0.717) is 5.75 Å². The van der Waals surface area contributed by atoms with E-state index in [0.717, 1.165) is 16.9 Å². The van der Waals surface area contributed by atoms with E-state index in [1.165, 1.54) is 0 Å². The lowest BCUT2D eigenvalue weighted by atomic mass is 10.1. The highest BCUT2D eigenvalue weighted by Gasteiger charge is 2.09. The molecular formula is C10H12O4. The Kier molecular flexibility index (Phi) is 2.96. The lowest BCUT2D eigenvalue weighted by Crippen LogP contribution is -2.05. The molecular weight excluding hydrogens is 184 g/mol. The van der Waals surface area contributed by atoms with Crippen molar-refractivity contribution in [2.75, 3.05) is 7.11 Å². The summed E-state index contributed by atoms with van der Waals surface area (Å²) in [6, 6.07) is 3.26. The molecule has 0 heterocycles. The highest BCUT2D eigenvalue weighted by atomic mass is 16.7. The van der Waals surface area contributed by atoms with Crippen LogP contribution in [0.15, 0.2) is 12.1 Å². The number of methoxy groups -OCH3 is 1. The van der Waals surface area contributed by atoms with Crippen molar-refractivity contribution in [2.24, 2.45) is 0 Å². The highest BCUT2D eigenvalue weighted by Crippen LogP contribution is 2.28. The molecule has 0 saturated carbocycles. The fraction of sp³-hybridized carbons (Fsp3) is 0.300. The minimum absolute atomic E-state index is 0.343. The van der Waals surface area contributed by atoms with Crippen LogP contribution in [-0.4, -0.2) is 18.4 Å². The summed E-state index contributed by atoms with van der Waals surface area (Å²) in [7, 11) is 1.57. The molecule has 0 saturated heterocycles.